The average Bonchev–Trinajstić information content (AvgIpc) is 3.02. The van der Waals surface area contributed by atoms with Gasteiger partial charge in [-0.05, 0) is 42.7 Å². The summed E-state index contributed by atoms with van der Waals surface area (Å²) in [5, 5.41) is 5.98. The standard InChI is InChI=1S/C19H17F3N2O2S/c1-11-4-5-14(10-12(11)2)16-17(23-24-18(16)19(20,21)22)13-6-8-15(9-7-13)27(3,25)26/h4-10H,1-3H3,(H,23,24). The van der Waals surface area contributed by atoms with Gasteiger partial charge in [-0.2, -0.15) is 18.3 Å². The first-order valence-corrected chi connectivity index (χ1v) is 9.91. The fourth-order valence-corrected chi connectivity index (χ4v) is 3.42. The number of benzene rings is 2. The molecule has 0 unspecified atom stereocenters. The second kappa shape index (κ2) is 6.53. The van der Waals surface area contributed by atoms with Crippen LogP contribution in [0.5, 0.6) is 0 Å². The number of nitrogens with zero attached hydrogens (tertiary/aromatic N) is 1. The molecule has 142 valence electrons. The monoisotopic (exact) mass is 394 g/mol. The van der Waals surface area contributed by atoms with Gasteiger partial charge in [-0.1, -0.05) is 30.3 Å². The quantitative estimate of drug-likeness (QED) is 0.695. The highest BCUT2D eigenvalue weighted by Gasteiger charge is 2.38. The Morgan fingerprint density at radius 3 is 2.04 bits per heavy atom. The van der Waals surface area contributed by atoms with Crippen LogP contribution < -0.4 is 0 Å². The molecule has 0 amide bonds. The fraction of sp³-hybridized carbons (Fsp3) is 0.211. The number of sulfone groups is 1. The van der Waals surface area contributed by atoms with Gasteiger partial charge in [0.25, 0.3) is 0 Å². The van der Waals surface area contributed by atoms with Crippen molar-refractivity contribution in [1.29, 1.82) is 0 Å². The van der Waals surface area contributed by atoms with Gasteiger partial charge in [0.1, 0.15) is 11.4 Å². The molecule has 1 aromatic heterocycles. The van der Waals surface area contributed by atoms with E-state index in [2.05, 4.69) is 10.2 Å². The third kappa shape index (κ3) is 3.75. The van der Waals surface area contributed by atoms with Gasteiger partial charge < -0.3 is 0 Å². The van der Waals surface area contributed by atoms with Crippen molar-refractivity contribution in [2.75, 3.05) is 6.26 Å². The van der Waals surface area contributed by atoms with Crippen LogP contribution in [0.1, 0.15) is 16.8 Å². The second-order valence-corrected chi connectivity index (χ2v) is 8.43. The van der Waals surface area contributed by atoms with Gasteiger partial charge in [0.05, 0.1) is 4.90 Å². The van der Waals surface area contributed by atoms with E-state index in [0.29, 0.717) is 11.1 Å². The molecule has 0 atom stereocenters. The normalized spacial score (nSPS) is 12.4. The zero-order valence-electron chi connectivity index (χ0n) is 14.8. The number of hydrogen-bond acceptors (Lipinski definition) is 3. The van der Waals surface area contributed by atoms with Gasteiger partial charge in [-0.3, -0.25) is 5.10 Å². The van der Waals surface area contributed by atoms with Crippen molar-refractivity contribution >= 4 is 9.84 Å². The molecule has 27 heavy (non-hydrogen) atoms. The van der Waals surface area contributed by atoms with Crippen LogP contribution in [-0.4, -0.2) is 24.9 Å². The van der Waals surface area contributed by atoms with Crippen LogP contribution in [0.15, 0.2) is 47.4 Å². The summed E-state index contributed by atoms with van der Waals surface area (Å²) in [6.07, 6.45) is -3.54. The molecule has 0 saturated carbocycles. The number of alkyl halides is 3. The first-order chi connectivity index (χ1) is 12.5. The van der Waals surface area contributed by atoms with E-state index in [4.69, 9.17) is 0 Å². The first kappa shape index (κ1) is 19.2. The number of aromatic nitrogens is 2. The maximum atomic E-state index is 13.5. The lowest BCUT2D eigenvalue weighted by Gasteiger charge is -2.11. The summed E-state index contributed by atoms with van der Waals surface area (Å²) >= 11 is 0. The number of aryl methyl sites for hydroxylation is 2. The smallest absolute Gasteiger partial charge is 0.272 e. The Hall–Kier alpha value is -2.61. The lowest BCUT2D eigenvalue weighted by Crippen LogP contribution is -2.07. The van der Waals surface area contributed by atoms with Crippen molar-refractivity contribution in [2.24, 2.45) is 0 Å². The zero-order valence-corrected chi connectivity index (χ0v) is 15.7. The Balaban J connectivity index is 2.22. The fourth-order valence-electron chi connectivity index (χ4n) is 2.79. The Morgan fingerprint density at radius 1 is 0.926 bits per heavy atom. The lowest BCUT2D eigenvalue weighted by molar-refractivity contribution is -0.140. The van der Waals surface area contributed by atoms with Gasteiger partial charge >= 0.3 is 6.18 Å². The molecule has 0 fully saturated rings. The lowest BCUT2D eigenvalue weighted by atomic mass is 9.96. The summed E-state index contributed by atoms with van der Waals surface area (Å²) < 4.78 is 63.7. The van der Waals surface area contributed by atoms with Crippen molar-refractivity contribution in [2.45, 2.75) is 24.9 Å². The summed E-state index contributed by atoms with van der Waals surface area (Å²) in [4.78, 5) is 0.0885. The molecule has 3 rings (SSSR count). The van der Waals surface area contributed by atoms with E-state index in [1.165, 1.54) is 24.3 Å². The highest BCUT2D eigenvalue weighted by molar-refractivity contribution is 7.90. The number of nitrogens with one attached hydrogen (secondary N) is 1. The molecule has 0 bridgehead atoms. The molecule has 0 radical (unpaired) electrons. The predicted octanol–water partition coefficient (Wildman–Crippen LogP) is 4.78. The third-order valence-electron chi connectivity index (χ3n) is 4.40. The van der Waals surface area contributed by atoms with Crippen LogP contribution >= 0.6 is 0 Å². The average molecular weight is 394 g/mol. The molecular weight excluding hydrogens is 377 g/mol. The minimum Gasteiger partial charge on any atom is -0.272 e. The van der Waals surface area contributed by atoms with Crippen LogP contribution in [-0.2, 0) is 16.0 Å². The molecule has 1 N–H and O–H groups in total. The highest BCUT2D eigenvalue weighted by Crippen LogP contribution is 2.41. The van der Waals surface area contributed by atoms with Crippen LogP contribution in [0, 0.1) is 13.8 Å². The third-order valence-corrected chi connectivity index (χ3v) is 5.53. The largest absolute Gasteiger partial charge is 0.433 e. The summed E-state index contributed by atoms with van der Waals surface area (Å²) in [5.41, 5.74) is 1.73. The van der Waals surface area contributed by atoms with Gasteiger partial charge in [0.2, 0.25) is 0 Å². The molecule has 4 nitrogen and oxygen atoms in total. The Morgan fingerprint density at radius 2 is 1.52 bits per heavy atom. The van der Waals surface area contributed by atoms with Crippen molar-refractivity contribution < 1.29 is 21.6 Å². The van der Waals surface area contributed by atoms with Gasteiger partial charge in [0, 0.05) is 17.4 Å². The van der Waals surface area contributed by atoms with E-state index >= 15 is 0 Å². The molecule has 2 aromatic carbocycles. The molecular formula is C19H17F3N2O2S. The van der Waals surface area contributed by atoms with Crippen molar-refractivity contribution in [3.8, 4) is 22.4 Å². The minimum absolute atomic E-state index is 0.0577. The van der Waals surface area contributed by atoms with Crippen LogP contribution in [0.3, 0.4) is 0 Å². The van der Waals surface area contributed by atoms with Gasteiger partial charge in [-0.25, -0.2) is 8.42 Å². The van der Waals surface area contributed by atoms with Crippen LogP contribution in [0.2, 0.25) is 0 Å². The van der Waals surface area contributed by atoms with Crippen LogP contribution in [0.25, 0.3) is 22.4 Å². The second-order valence-electron chi connectivity index (χ2n) is 6.42. The molecule has 0 spiro atoms. The number of rotatable bonds is 3. The van der Waals surface area contributed by atoms with Crippen molar-refractivity contribution in [3.63, 3.8) is 0 Å². The van der Waals surface area contributed by atoms with Crippen molar-refractivity contribution in [1.82, 2.24) is 10.2 Å². The molecule has 0 aliphatic heterocycles. The molecule has 8 heteroatoms. The summed E-state index contributed by atoms with van der Waals surface area (Å²) in [5.74, 6) is 0. The predicted molar refractivity (Wildman–Crippen MR) is 97.0 cm³/mol. The maximum Gasteiger partial charge on any atom is 0.433 e. The molecule has 0 aliphatic rings. The minimum atomic E-state index is -4.61. The van der Waals surface area contributed by atoms with Crippen LogP contribution in [0.4, 0.5) is 13.2 Å². The van der Waals surface area contributed by atoms with Crippen molar-refractivity contribution in [3.05, 3.63) is 59.3 Å². The SMILES string of the molecule is Cc1ccc(-c2c(-c3ccc(S(C)(=O)=O)cc3)n[nH]c2C(F)(F)F)cc1C. The van der Waals surface area contributed by atoms with E-state index in [-0.39, 0.29) is 16.2 Å². The maximum absolute atomic E-state index is 13.5. The molecule has 0 saturated heterocycles. The Bertz CT molecular complexity index is 1100. The van der Waals surface area contributed by atoms with Gasteiger partial charge in [-0.15, -0.1) is 0 Å². The van der Waals surface area contributed by atoms with E-state index in [1.807, 2.05) is 13.8 Å². The summed E-state index contributed by atoms with van der Waals surface area (Å²) in [7, 11) is -3.40. The molecule has 3 aromatic rings. The zero-order chi connectivity index (χ0) is 20.0. The van der Waals surface area contributed by atoms with E-state index in [0.717, 1.165) is 17.4 Å². The Kier molecular flexibility index (Phi) is 4.63. The number of H-pyrrole nitrogens is 1. The number of hydrogen-bond donors (Lipinski definition) is 1. The van der Waals surface area contributed by atoms with E-state index in [9.17, 15) is 21.6 Å². The van der Waals surface area contributed by atoms with E-state index < -0.39 is 21.7 Å². The molecule has 1 heterocycles. The number of aromatic amines is 1. The van der Waals surface area contributed by atoms with Gasteiger partial charge in [0.15, 0.2) is 9.84 Å². The van der Waals surface area contributed by atoms with E-state index in [1.54, 1.807) is 18.2 Å². The highest BCUT2D eigenvalue weighted by atomic mass is 32.2. The summed E-state index contributed by atoms with van der Waals surface area (Å²) in [6, 6.07) is 10.7. The summed E-state index contributed by atoms with van der Waals surface area (Å²) in [6.45, 7) is 3.71. The molecule has 0 aliphatic carbocycles. The first-order valence-electron chi connectivity index (χ1n) is 8.02. The Labute approximate surface area is 155 Å². The number of halogens is 3. The topological polar surface area (TPSA) is 62.8 Å².